The molecule has 0 radical (unpaired) electrons. The van der Waals surface area contributed by atoms with Crippen molar-refractivity contribution in [2.24, 2.45) is 11.8 Å². The molecule has 1 amide bonds. The number of hydrogen-bond acceptors (Lipinski definition) is 4. The first-order valence-electron chi connectivity index (χ1n) is 13.3. The fourth-order valence-corrected chi connectivity index (χ4v) is 5.64. The van der Waals surface area contributed by atoms with Crippen molar-refractivity contribution >= 4 is 5.91 Å². The summed E-state index contributed by atoms with van der Waals surface area (Å²) >= 11 is 0. The van der Waals surface area contributed by atoms with Gasteiger partial charge >= 0.3 is 0 Å². The van der Waals surface area contributed by atoms with Crippen LogP contribution in [-0.2, 0) is 15.1 Å². The Hall–Kier alpha value is -2.02. The standard InChI is InChI=1S/C29H43FN2O3/c1-31-21-27(18-22-10-4-3-5-11-22)32-28(33)23-12-8-13-24(19-23)29(34,16-6-7-17-35-2)25-14-9-15-26(30)20-25/h8-9,12,14-15,19-20,22,24,27,31,34H,3-7,10-11,13,16-18,21H2,1-2H3,(H,32,33)/t24?,27-,29-/m0/s1. The Morgan fingerprint density at radius 1 is 1.26 bits per heavy atom. The Labute approximate surface area is 210 Å². The first-order chi connectivity index (χ1) is 17.0. The van der Waals surface area contributed by atoms with Crippen molar-refractivity contribution in [3.8, 4) is 0 Å². The second kappa shape index (κ2) is 13.9. The van der Waals surface area contributed by atoms with Gasteiger partial charge in [-0.2, -0.15) is 0 Å². The van der Waals surface area contributed by atoms with Crippen LogP contribution < -0.4 is 10.6 Å². The molecule has 1 aromatic rings. The van der Waals surface area contributed by atoms with Gasteiger partial charge in [-0.25, -0.2) is 4.39 Å². The van der Waals surface area contributed by atoms with Gasteiger partial charge in [-0.15, -0.1) is 0 Å². The highest BCUT2D eigenvalue weighted by molar-refractivity contribution is 5.96. The highest BCUT2D eigenvalue weighted by Gasteiger charge is 2.38. The first-order valence-corrected chi connectivity index (χ1v) is 13.3. The molecule has 6 heteroatoms. The predicted molar refractivity (Wildman–Crippen MR) is 138 cm³/mol. The lowest BCUT2D eigenvalue weighted by Gasteiger charge is -2.37. The summed E-state index contributed by atoms with van der Waals surface area (Å²) in [6.45, 7) is 1.34. The normalized spacial score (nSPS) is 21.3. The van der Waals surface area contributed by atoms with E-state index >= 15 is 0 Å². The number of nitrogens with one attached hydrogen (secondary N) is 2. The van der Waals surface area contributed by atoms with Gasteiger partial charge in [-0.3, -0.25) is 4.79 Å². The second-order valence-electron chi connectivity index (χ2n) is 10.2. The van der Waals surface area contributed by atoms with Crippen molar-refractivity contribution in [1.82, 2.24) is 10.6 Å². The number of aliphatic hydroxyl groups is 1. The van der Waals surface area contributed by atoms with Crippen molar-refractivity contribution in [2.45, 2.75) is 75.9 Å². The Morgan fingerprint density at radius 2 is 2.06 bits per heavy atom. The van der Waals surface area contributed by atoms with E-state index < -0.39 is 5.60 Å². The maximum absolute atomic E-state index is 14.1. The topological polar surface area (TPSA) is 70.6 Å². The molecule has 2 aliphatic carbocycles. The summed E-state index contributed by atoms with van der Waals surface area (Å²) in [5.41, 5.74) is -0.146. The molecule has 0 bridgehead atoms. The van der Waals surface area contributed by atoms with E-state index in [-0.39, 0.29) is 23.7 Å². The number of allylic oxidation sites excluding steroid dienone is 1. The molecular formula is C29H43FN2O3. The predicted octanol–water partition coefficient (Wildman–Crippen LogP) is 5.01. The largest absolute Gasteiger partial charge is 0.385 e. The highest BCUT2D eigenvalue weighted by Crippen LogP contribution is 2.40. The van der Waals surface area contributed by atoms with Crippen molar-refractivity contribution in [2.75, 3.05) is 27.3 Å². The molecule has 0 saturated heterocycles. The van der Waals surface area contributed by atoms with Crippen molar-refractivity contribution in [1.29, 1.82) is 0 Å². The van der Waals surface area contributed by atoms with E-state index in [0.29, 0.717) is 36.5 Å². The summed E-state index contributed by atoms with van der Waals surface area (Å²) < 4.78 is 19.3. The lowest BCUT2D eigenvalue weighted by Crippen LogP contribution is -2.43. The number of carbonyl (C=O) groups is 1. The van der Waals surface area contributed by atoms with Gasteiger partial charge < -0.3 is 20.5 Å². The van der Waals surface area contributed by atoms with Crippen LogP contribution in [0.4, 0.5) is 4.39 Å². The number of methoxy groups -OCH3 is 1. The van der Waals surface area contributed by atoms with Crippen LogP contribution in [0.1, 0.15) is 69.8 Å². The van der Waals surface area contributed by atoms with Gasteiger partial charge in [0.05, 0.1) is 5.60 Å². The zero-order valence-electron chi connectivity index (χ0n) is 21.4. The van der Waals surface area contributed by atoms with E-state index in [1.54, 1.807) is 19.2 Å². The van der Waals surface area contributed by atoms with Gasteiger partial charge in [0.15, 0.2) is 0 Å². The summed E-state index contributed by atoms with van der Waals surface area (Å²) in [7, 11) is 3.58. The average Bonchev–Trinajstić information content (AvgIpc) is 2.87. The third-order valence-corrected chi connectivity index (χ3v) is 7.55. The Morgan fingerprint density at radius 3 is 2.77 bits per heavy atom. The molecule has 3 N–H and O–H groups in total. The number of unbranched alkanes of at least 4 members (excludes halogenated alkanes) is 1. The monoisotopic (exact) mass is 486 g/mol. The van der Waals surface area contributed by atoms with E-state index in [9.17, 15) is 14.3 Å². The van der Waals surface area contributed by atoms with E-state index in [1.165, 1.54) is 44.2 Å². The van der Waals surface area contributed by atoms with E-state index in [2.05, 4.69) is 10.6 Å². The van der Waals surface area contributed by atoms with Crippen molar-refractivity contribution < 1.29 is 19.0 Å². The minimum atomic E-state index is -1.27. The molecule has 0 aliphatic heterocycles. The molecule has 1 unspecified atom stereocenters. The van der Waals surface area contributed by atoms with Crippen LogP contribution in [0.15, 0.2) is 48.1 Å². The van der Waals surface area contributed by atoms with Gasteiger partial charge in [-0.05, 0) is 62.8 Å². The van der Waals surface area contributed by atoms with E-state index in [1.807, 2.05) is 25.3 Å². The van der Waals surface area contributed by atoms with Crippen LogP contribution >= 0.6 is 0 Å². The summed E-state index contributed by atoms with van der Waals surface area (Å²) in [5, 5.41) is 18.3. The maximum atomic E-state index is 14.1. The lowest BCUT2D eigenvalue weighted by molar-refractivity contribution is -0.118. The molecule has 194 valence electrons. The van der Waals surface area contributed by atoms with Crippen molar-refractivity contribution in [3.05, 3.63) is 59.4 Å². The molecule has 3 rings (SSSR count). The minimum Gasteiger partial charge on any atom is -0.385 e. The third-order valence-electron chi connectivity index (χ3n) is 7.55. The molecule has 0 spiro atoms. The Bertz CT molecular complexity index is 865. The number of amides is 1. The minimum absolute atomic E-state index is 0.0708. The zero-order valence-corrected chi connectivity index (χ0v) is 21.4. The van der Waals surface area contributed by atoms with E-state index in [4.69, 9.17) is 4.74 Å². The second-order valence-corrected chi connectivity index (χ2v) is 10.2. The number of likely N-dealkylation sites (N-methyl/N-ethyl adjacent to an activating group) is 1. The fourth-order valence-electron chi connectivity index (χ4n) is 5.64. The lowest BCUT2D eigenvalue weighted by atomic mass is 9.74. The molecule has 0 heterocycles. The van der Waals surface area contributed by atoms with Gasteiger partial charge in [0, 0.05) is 37.8 Å². The van der Waals surface area contributed by atoms with Crippen LogP contribution in [0, 0.1) is 17.7 Å². The molecule has 2 aliphatic rings. The first kappa shape index (κ1) is 27.6. The quantitative estimate of drug-likeness (QED) is 0.343. The van der Waals surface area contributed by atoms with Gasteiger partial charge in [0.25, 0.3) is 5.91 Å². The van der Waals surface area contributed by atoms with Gasteiger partial charge in [0.1, 0.15) is 5.82 Å². The van der Waals surface area contributed by atoms with Crippen LogP contribution in [0.25, 0.3) is 0 Å². The van der Waals surface area contributed by atoms with Gasteiger partial charge in [-0.1, -0.05) is 62.5 Å². The van der Waals surface area contributed by atoms with Gasteiger partial charge in [0.2, 0.25) is 0 Å². The summed E-state index contributed by atoms with van der Waals surface area (Å²) in [4.78, 5) is 13.3. The summed E-state index contributed by atoms with van der Waals surface area (Å²) in [6.07, 6.45) is 15.6. The number of halogens is 1. The SMILES string of the molecule is CNC[C@H](CC1CCCCC1)NC(=O)C1=CC([C@@](O)(CCCCOC)c2cccc(F)c2)CC=C1. The number of rotatable bonds is 13. The van der Waals surface area contributed by atoms with Crippen molar-refractivity contribution in [3.63, 3.8) is 0 Å². The number of ether oxygens (including phenoxy) is 1. The Balaban J connectivity index is 1.75. The molecule has 1 saturated carbocycles. The average molecular weight is 487 g/mol. The van der Waals surface area contributed by atoms with E-state index in [0.717, 1.165) is 25.8 Å². The fraction of sp³-hybridized carbons (Fsp3) is 0.621. The number of carbonyl (C=O) groups excluding carboxylic acids is 1. The molecule has 0 aromatic heterocycles. The van der Waals surface area contributed by atoms with Crippen LogP contribution in [-0.4, -0.2) is 44.4 Å². The molecule has 5 nitrogen and oxygen atoms in total. The van der Waals surface area contributed by atoms with Crippen LogP contribution in [0.5, 0.6) is 0 Å². The maximum Gasteiger partial charge on any atom is 0.251 e. The molecular weight excluding hydrogens is 443 g/mol. The number of hydrogen-bond donors (Lipinski definition) is 3. The third kappa shape index (κ3) is 7.99. The highest BCUT2D eigenvalue weighted by atomic mass is 19.1. The smallest absolute Gasteiger partial charge is 0.251 e. The summed E-state index contributed by atoms with van der Waals surface area (Å²) in [5.74, 6) is -0.137. The molecule has 1 aromatic carbocycles. The Kier molecular flexibility index (Phi) is 11.0. The zero-order chi connectivity index (χ0) is 25.1. The molecule has 1 fully saturated rings. The number of benzene rings is 1. The molecule has 3 atom stereocenters. The van der Waals surface area contributed by atoms with Crippen LogP contribution in [0.3, 0.4) is 0 Å². The van der Waals surface area contributed by atoms with Crippen LogP contribution in [0.2, 0.25) is 0 Å². The summed E-state index contributed by atoms with van der Waals surface area (Å²) in [6, 6.07) is 6.28. The molecule has 35 heavy (non-hydrogen) atoms.